The van der Waals surface area contributed by atoms with E-state index in [-0.39, 0.29) is 5.28 Å². The van der Waals surface area contributed by atoms with Gasteiger partial charge in [-0.25, -0.2) is 9.97 Å². The van der Waals surface area contributed by atoms with Crippen LogP contribution >= 0.6 is 22.9 Å². The lowest BCUT2D eigenvalue weighted by atomic mass is 10.2. The van der Waals surface area contributed by atoms with Gasteiger partial charge in [0.1, 0.15) is 5.82 Å². The zero-order chi connectivity index (χ0) is 13.2. The lowest BCUT2D eigenvalue weighted by Crippen LogP contribution is -2.03. The van der Waals surface area contributed by atoms with Crippen LogP contribution in [0.15, 0.2) is 35.0 Å². The van der Waals surface area contributed by atoms with E-state index in [0.29, 0.717) is 0 Å². The van der Waals surface area contributed by atoms with Crippen molar-refractivity contribution in [3.05, 3.63) is 51.4 Å². The number of halogens is 1. The zero-order valence-electron chi connectivity index (χ0n) is 10.4. The summed E-state index contributed by atoms with van der Waals surface area (Å²) in [4.78, 5) is 8.49. The normalized spacial score (nSPS) is 10.8. The standard InChI is InChI=1S/C14H12ClN3S/c1-9-7-19-8-10(9)6-16-13-11-4-2-3-5-12(11)17-14(15)18-13/h2-5,7-8H,6H2,1H3,(H,16,17,18). The summed E-state index contributed by atoms with van der Waals surface area (Å²) in [5.41, 5.74) is 3.43. The molecule has 0 bridgehead atoms. The predicted octanol–water partition coefficient (Wildman–Crippen LogP) is 4.27. The molecule has 2 aromatic heterocycles. The summed E-state index contributed by atoms with van der Waals surface area (Å²) in [5.74, 6) is 0.779. The fraction of sp³-hybridized carbons (Fsp3) is 0.143. The molecule has 0 saturated carbocycles. The maximum atomic E-state index is 5.96. The number of para-hydroxylation sites is 1. The first-order chi connectivity index (χ1) is 9.24. The second-order valence-corrected chi connectivity index (χ2v) is 5.37. The monoisotopic (exact) mass is 289 g/mol. The number of aromatic nitrogens is 2. The summed E-state index contributed by atoms with van der Waals surface area (Å²) in [6.07, 6.45) is 0. The van der Waals surface area contributed by atoms with E-state index in [1.165, 1.54) is 11.1 Å². The van der Waals surface area contributed by atoms with Crippen molar-refractivity contribution in [1.82, 2.24) is 9.97 Å². The van der Waals surface area contributed by atoms with Gasteiger partial charge in [0, 0.05) is 11.9 Å². The lowest BCUT2D eigenvalue weighted by molar-refractivity contribution is 1.10. The van der Waals surface area contributed by atoms with Crippen LogP contribution in [0.3, 0.4) is 0 Å². The van der Waals surface area contributed by atoms with Crippen LogP contribution in [-0.2, 0) is 6.54 Å². The van der Waals surface area contributed by atoms with E-state index in [1.54, 1.807) is 11.3 Å². The molecule has 2 heterocycles. The Morgan fingerprint density at radius 3 is 2.84 bits per heavy atom. The van der Waals surface area contributed by atoms with Gasteiger partial charge in [-0.15, -0.1) is 0 Å². The smallest absolute Gasteiger partial charge is 0.224 e. The Labute approximate surface area is 120 Å². The molecule has 0 radical (unpaired) electrons. The number of hydrogen-bond acceptors (Lipinski definition) is 4. The fourth-order valence-corrected chi connectivity index (χ4v) is 2.96. The molecule has 0 spiro atoms. The minimum atomic E-state index is 0.267. The summed E-state index contributed by atoms with van der Waals surface area (Å²) in [5, 5.41) is 8.88. The van der Waals surface area contributed by atoms with Crippen LogP contribution in [0.4, 0.5) is 5.82 Å². The van der Waals surface area contributed by atoms with Crippen LogP contribution in [0.5, 0.6) is 0 Å². The molecule has 3 nitrogen and oxygen atoms in total. The van der Waals surface area contributed by atoms with Crippen LogP contribution in [0.1, 0.15) is 11.1 Å². The molecule has 0 aliphatic carbocycles. The highest BCUT2D eigenvalue weighted by molar-refractivity contribution is 7.08. The number of aryl methyl sites for hydroxylation is 1. The Morgan fingerprint density at radius 2 is 2.05 bits per heavy atom. The van der Waals surface area contributed by atoms with Gasteiger partial charge >= 0.3 is 0 Å². The summed E-state index contributed by atoms with van der Waals surface area (Å²) >= 11 is 7.66. The third kappa shape index (κ3) is 2.55. The molecular formula is C14H12ClN3S. The fourth-order valence-electron chi connectivity index (χ4n) is 1.93. The highest BCUT2D eigenvalue weighted by Crippen LogP contribution is 2.23. The number of thiophene rings is 1. The molecule has 3 rings (SSSR count). The highest BCUT2D eigenvalue weighted by atomic mass is 35.5. The van der Waals surface area contributed by atoms with Crippen molar-refractivity contribution in [1.29, 1.82) is 0 Å². The van der Waals surface area contributed by atoms with E-state index < -0.39 is 0 Å². The molecule has 19 heavy (non-hydrogen) atoms. The SMILES string of the molecule is Cc1cscc1CNc1nc(Cl)nc2ccccc12. The van der Waals surface area contributed by atoms with Gasteiger partial charge < -0.3 is 5.32 Å². The van der Waals surface area contributed by atoms with E-state index in [9.17, 15) is 0 Å². The molecule has 0 aliphatic heterocycles. The van der Waals surface area contributed by atoms with E-state index in [0.717, 1.165) is 23.3 Å². The molecule has 0 unspecified atom stereocenters. The third-order valence-corrected chi connectivity index (χ3v) is 4.06. The number of nitrogens with one attached hydrogen (secondary N) is 1. The van der Waals surface area contributed by atoms with Crippen molar-refractivity contribution in [2.45, 2.75) is 13.5 Å². The molecule has 0 amide bonds. The van der Waals surface area contributed by atoms with Crippen molar-refractivity contribution in [3.8, 4) is 0 Å². The van der Waals surface area contributed by atoms with Crippen LogP contribution in [0.2, 0.25) is 5.28 Å². The minimum absolute atomic E-state index is 0.267. The summed E-state index contributed by atoms with van der Waals surface area (Å²) in [6, 6.07) is 7.84. The van der Waals surface area contributed by atoms with Crippen molar-refractivity contribution < 1.29 is 0 Å². The average molecular weight is 290 g/mol. The number of anilines is 1. The first-order valence-corrected chi connectivity index (χ1v) is 7.24. The number of fused-ring (bicyclic) bond motifs is 1. The van der Waals surface area contributed by atoms with E-state index in [2.05, 4.69) is 33.0 Å². The van der Waals surface area contributed by atoms with Crippen LogP contribution in [-0.4, -0.2) is 9.97 Å². The molecule has 1 aromatic carbocycles. The van der Waals surface area contributed by atoms with Gasteiger partial charge in [0.25, 0.3) is 0 Å². The van der Waals surface area contributed by atoms with Crippen LogP contribution < -0.4 is 5.32 Å². The van der Waals surface area contributed by atoms with E-state index in [4.69, 9.17) is 11.6 Å². The predicted molar refractivity (Wildman–Crippen MR) is 80.9 cm³/mol. The second-order valence-electron chi connectivity index (χ2n) is 4.29. The lowest BCUT2D eigenvalue weighted by Gasteiger charge is -2.08. The molecule has 1 N–H and O–H groups in total. The first kappa shape index (κ1) is 12.4. The zero-order valence-corrected chi connectivity index (χ0v) is 11.9. The summed E-state index contributed by atoms with van der Waals surface area (Å²) in [6.45, 7) is 2.85. The van der Waals surface area contributed by atoms with Gasteiger partial charge in [0.2, 0.25) is 5.28 Å². The quantitative estimate of drug-likeness (QED) is 0.732. The Kier molecular flexibility index (Phi) is 3.36. The summed E-state index contributed by atoms with van der Waals surface area (Å²) in [7, 11) is 0. The van der Waals surface area contributed by atoms with Crippen molar-refractivity contribution in [3.63, 3.8) is 0 Å². The largest absolute Gasteiger partial charge is 0.365 e. The molecule has 0 fully saturated rings. The Morgan fingerprint density at radius 1 is 1.21 bits per heavy atom. The minimum Gasteiger partial charge on any atom is -0.365 e. The molecule has 3 aromatic rings. The van der Waals surface area contributed by atoms with Crippen LogP contribution in [0.25, 0.3) is 10.9 Å². The van der Waals surface area contributed by atoms with Gasteiger partial charge in [0.05, 0.1) is 5.52 Å². The maximum Gasteiger partial charge on any atom is 0.224 e. The van der Waals surface area contributed by atoms with Crippen LogP contribution in [0, 0.1) is 6.92 Å². The van der Waals surface area contributed by atoms with Crippen molar-refractivity contribution in [2.24, 2.45) is 0 Å². The highest BCUT2D eigenvalue weighted by Gasteiger charge is 2.06. The molecule has 0 saturated heterocycles. The average Bonchev–Trinajstić information content (AvgIpc) is 2.81. The topological polar surface area (TPSA) is 37.8 Å². The van der Waals surface area contributed by atoms with Gasteiger partial charge in [-0.3, -0.25) is 0 Å². The summed E-state index contributed by atoms with van der Waals surface area (Å²) < 4.78 is 0. The van der Waals surface area contributed by atoms with Gasteiger partial charge in [0.15, 0.2) is 0 Å². The van der Waals surface area contributed by atoms with Gasteiger partial charge in [-0.05, 0) is 52.5 Å². The number of rotatable bonds is 3. The molecule has 0 atom stereocenters. The molecular weight excluding hydrogens is 278 g/mol. The first-order valence-electron chi connectivity index (χ1n) is 5.92. The Balaban J connectivity index is 1.94. The molecule has 5 heteroatoms. The second kappa shape index (κ2) is 5.15. The Bertz CT molecular complexity index is 724. The molecule has 0 aliphatic rings. The van der Waals surface area contributed by atoms with Gasteiger partial charge in [-0.2, -0.15) is 11.3 Å². The van der Waals surface area contributed by atoms with Gasteiger partial charge in [-0.1, -0.05) is 12.1 Å². The number of benzene rings is 1. The maximum absolute atomic E-state index is 5.96. The van der Waals surface area contributed by atoms with Crippen molar-refractivity contribution >= 4 is 39.7 Å². The molecule has 96 valence electrons. The third-order valence-electron chi connectivity index (χ3n) is 2.98. The number of nitrogens with zero attached hydrogens (tertiary/aromatic N) is 2. The number of hydrogen-bond donors (Lipinski definition) is 1. The van der Waals surface area contributed by atoms with Crippen molar-refractivity contribution in [2.75, 3.05) is 5.32 Å². The Hall–Kier alpha value is -1.65. The van der Waals surface area contributed by atoms with E-state index in [1.807, 2.05) is 24.3 Å². The van der Waals surface area contributed by atoms with E-state index >= 15 is 0 Å².